The summed E-state index contributed by atoms with van der Waals surface area (Å²) in [5.74, 6) is -0.0443. The van der Waals surface area contributed by atoms with Crippen LogP contribution in [0.1, 0.15) is 16.8 Å². The highest BCUT2D eigenvalue weighted by molar-refractivity contribution is 7.16. The standard InChI is InChI=1S/C12H12N2OS/c1-2-3-6-13-12(15)9-4-5-10-11(7-9)16-8-14-10/h2,4-5,7-8H,1,3,6H2,(H,13,15). The number of hydrogen-bond acceptors (Lipinski definition) is 3. The zero-order valence-electron chi connectivity index (χ0n) is 8.77. The van der Waals surface area contributed by atoms with Crippen LogP contribution in [0.25, 0.3) is 10.2 Å². The van der Waals surface area contributed by atoms with Gasteiger partial charge in [0.1, 0.15) is 0 Å². The van der Waals surface area contributed by atoms with E-state index in [1.807, 2.05) is 12.1 Å². The number of nitrogens with zero attached hydrogens (tertiary/aromatic N) is 1. The molecular weight excluding hydrogens is 220 g/mol. The molecule has 0 aliphatic carbocycles. The van der Waals surface area contributed by atoms with Gasteiger partial charge < -0.3 is 5.32 Å². The van der Waals surface area contributed by atoms with Crippen molar-refractivity contribution in [2.45, 2.75) is 6.42 Å². The average molecular weight is 232 g/mol. The van der Waals surface area contributed by atoms with E-state index in [9.17, 15) is 4.79 Å². The molecule has 0 saturated heterocycles. The van der Waals surface area contributed by atoms with Gasteiger partial charge in [-0.3, -0.25) is 4.79 Å². The minimum atomic E-state index is -0.0443. The highest BCUT2D eigenvalue weighted by atomic mass is 32.1. The maximum Gasteiger partial charge on any atom is 0.251 e. The molecule has 0 radical (unpaired) electrons. The number of benzene rings is 1. The second-order valence-corrected chi connectivity index (χ2v) is 4.25. The van der Waals surface area contributed by atoms with Crippen LogP contribution >= 0.6 is 11.3 Å². The monoisotopic (exact) mass is 232 g/mol. The van der Waals surface area contributed by atoms with Crippen LogP contribution in [0.3, 0.4) is 0 Å². The second-order valence-electron chi connectivity index (χ2n) is 3.37. The topological polar surface area (TPSA) is 42.0 Å². The third kappa shape index (κ3) is 2.28. The van der Waals surface area contributed by atoms with Crippen molar-refractivity contribution in [1.29, 1.82) is 0 Å². The maximum atomic E-state index is 11.7. The first-order valence-corrected chi connectivity index (χ1v) is 5.91. The largest absolute Gasteiger partial charge is 0.352 e. The summed E-state index contributed by atoms with van der Waals surface area (Å²) in [6.45, 7) is 4.23. The lowest BCUT2D eigenvalue weighted by atomic mass is 10.2. The number of hydrogen-bond donors (Lipinski definition) is 1. The fourth-order valence-electron chi connectivity index (χ4n) is 1.39. The van der Waals surface area contributed by atoms with Crippen molar-refractivity contribution < 1.29 is 4.79 Å². The van der Waals surface area contributed by atoms with Gasteiger partial charge in [-0.2, -0.15) is 0 Å². The summed E-state index contributed by atoms with van der Waals surface area (Å²) in [4.78, 5) is 15.9. The van der Waals surface area contributed by atoms with E-state index in [0.29, 0.717) is 12.1 Å². The summed E-state index contributed by atoms with van der Waals surface area (Å²) in [5.41, 5.74) is 3.40. The Hall–Kier alpha value is -1.68. The summed E-state index contributed by atoms with van der Waals surface area (Å²) < 4.78 is 1.04. The van der Waals surface area contributed by atoms with Crippen molar-refractivity contribution >= 4 is 27.5 Å². The molecular formula is C12H12N2OS. The molecule has 0 atom stereocenters. The lowest BCUT2D eigenvalue weighted by Crippen LogP contribution is -2.23. The Morgan fingerprint density at radius 2 is 2.44 bits per heavy atom. The van der Waals surface area contributed by atoms with Gasteiger partial charge in [-0.05, 0) is 24.6 Å². The first kappa shape index (κ1) is 10.8. The van der Waals surface area contributed by atoms with E-state index in [-0.39, 0.29) is 5.91 Å². The molecule has 1 heterocycles. The van der Waals surface area contributed by atoms with Crippen molar-refractivity contribution in [3.05, 3.63) is 41.9 Å². The van der Waals surface area contributed by atoms with Gasteiger partial charge in [0.25, 0.3) is 5.91 Å². The molecule has 0 fully saturated rings. The minimum absolute atomic E-state index is 0.0443. The van der Waals surface area contributed by atoms with Crippen molar-refractivity contribution in [3.8, 4) is 0 Å². The van der Waals surface area contributed by atoms with Crippen molar-refractivity contribution in [2.24, 2.45) is 0 Å². The quantitative estimate of drug-likeness (QED) is 0.650. The van der Waals surface area contributed by atoms with Crippen molar-refractivity contribution in [1.82, 2.24) is 10.3 Å². The lowest BCUT2D eigenvalue weighted by molar-refractivity contribution is 0.0954. The molecule has 0 spiro atoms. The average Bonchev–Trinajstić information content (AvgIpc) is 2.76. The molecule has 0 bridgehead atoms. The van der Waals surface area contributed by atoms with Gasteiger partial charge in [0.05, 0.1) is 15.7 Å². The summed E-state index contributed by atoms with van der Waals surface area (Å²) in [6, 6.07) is 5.54. The molecule has 0 aliphatic rings. The van der Waals surface area contributed by atoms with Crippen molar-refractivity contribution in [3.63, 3.8) is 0 Å². The number of carbonyl (C=O) groups is 1. The van der Waals surface area contributed by atoms with Crippen LogP contribution in [0.15, 0.2) is 36.4 Å². The normalized spacial score (nSPS) is 10.2. The fourth-order valence-corrected chi connectivity index (χ4v) is 2.10. The highest BCUT2D eigenvalue weighted by Gasteiger charge is 2.06. The van der Waals surface area contributed by atoms with E-state index in [4.69, 9.17) is 0 Å². The summed E-state index contributed by atoms with van der Waals surface area (Å²) in [5, 5.41) is 2.83. The van der Waals surface area contributed by atoms with Crippen LogP contribution in [0.2, 0.25) is 0 Å². The number of nitrogens with one attached hydrogen (secondary N) is 1. The Morgan fingerprint density at radius 1 is 1.56 bits per heavy atom. The molecule has 1 aromatic heterocycles. The summed E-state index contributed by atoms with van der Waals surface area (Å²) >= 11 is 1.54. The zero-order chi connectivity index (χ0) is 11.4. The fraction of sp³-hybridized carbons (Fsp3) is 0.167. The van der Waals surface area contributed by atoms with Crippen LogP contribution < -0.4 is 5.32 Å². The third-order valence-corrected chi connectivity index (χ3v) is 3.02. The predicted molar refractivity (Wildman–Crippen MR) is 66.8 cm³/mol. The number of rotatable bonds is 4. The van der Waals surface area contributed by atoms with Gasteiger partial charge >= 0.3 is 0 Å². The SMILES string of the molecule is C=CCCNC(=O)c1ccc2ncsc2c1. The summed E-state index contributed by atoms with van der Waals surface area (Å²) in [7, 11) is 0. The highest BCUT2D eigenvalue weighted by Crippen LogP contribution is 2.18. The molecule has 1 amide bonds. The summed E-state index contributed by atoms with van der Waals surface area (Å²) in [6.07, 6.45) is 2.57. The molecule has 2 aromatic rings. The van der Waals surface area contributed by atoms with Gasteiger partial charge in [0, 0.05) is 12.1 Å². The van der Waals surface area contributed by atoms with E-state index in [1.165, 1.54) is 11.3 Å². The Morgan fingerprint density at radius 3 is 3.25 bits per heavy atom. The minimum Gasteiger partial charge on any atom is -0.352 e. The Kier molecular flexibility index (Phi) is 3.31. The zero-order valence-corrected chi connectivity index (χ0v) is 9.59. The van der Waals surface area contributed by atoms with E-state index in [2.05, 4.69) is 16.9 Å². The van der Waals surface area contributed by atoms with E-state index in [0.717, 1.165) is 16.6 Å². The maximum absolute atomic E-state index is 11.7. The molecule has 0 unspecified atom stereocenters. The Labute approximate surface area is 97.8 Å². The first-order valence-electron chi connectivity index (χ1n) is 5.03. The smallest absolute Gasteiger partial charge is 0.251 e. The molecule has 3 nitrogen and oxygen atoms in total. The van der Waals surface area contributed by atoms with Gasteiger partial charge in [-0.25, -0.2) is 4.98 Å². The molecule has 1 aromatic carbocycles. The van der Waals surface area contributed by atoms with Crippen LogP contribution in [0.4, 0.5) is 0 Å². The van der Waals surface area contributed by atoms with Crippen LogP contribution in [0, 0.1) is 0 Å². The van der Waals surface area contributed by atoms with Gasteiger partial charge in [0.2, 0.25) is 0 Å². The molecule has 2 rings (SSSR count). The number of thiazole rings is 1. The number of aromatic nitrogens is 1. The van der Waals surface area contributed by atoms with Crippen LogP contribution in [-0.4, -0.2) is 17.4 Å². The number of amides is 1. The predicted octanol–water partition coefficient (Wildman–Crippen LogP) is 2.60. The number of carbonyl (C=O) groups excluding carboxylic acids is 1. The van der Waals surface area contributed by atoms with E-state index in [1.54, 1.807) is 17.7 Å². The second kappa shape index (κ2) is 4.90. The van der Waals surface area contributed by atoms with Crippen molar-refractivity contribution in [2.75, 3.05) is 6.54 Å². The molecule has 16 heavy (non-hydrogen) atoms. The lowest BCUT2D eigenvalue weighted by Gasteiger charge is -2.02. The molecule has 0 aliphatic heterocycles. The Balaban J connectivity index is 2.12. The Bertz CT molecular complexity index is 518. The molecule has 4 heteroatoms. The van der Waals surface area contributed by atoms with E-state index >= 15 is 0 Å². The van der Waals surface area contributed by atoms with Crippen LogP contribution in [0.5, 0.6) is 0 Å². The third-order valence-electron chi connectivity index (χ3n) is 2.23. The molecule has 1 N–H and O–H groups in total. The molecule has 82 valence electrons. The van der Waals surface area contributed by atoms with Gasteiger partial charge in [-0.1, -0.05) is 6.08 Å². The van der Waals surface area contributed by atoms with Gasteiger partial charge in [0.15, 0.2) is 0 Å². The molecule has 0 saturated carbocycles. The number of fused-ring (bicyclic) bond motifs is 1. The van der Waals surface area contributed by atoms with E-state index < -0.39 is 0 Å². The first-order chi connectivity index (χ1) is 7.81. The van der Waals surface area contributed by atoms with Gasteiger partial charge in [-0.15, -0.1) is 17.9 Å². The van der Waals surface area contributed by atoms with Crippen LogP contribution in [-0.2, 0) is 0 Å².